The SMILES string of the molecule is C=CC(=O)N1C[C@H](C)N(c2nc(N3CC(N(C)C)C3)nc3c(F)c(-c4c(C)ccc5[nH]nc(C6CC6)c45)c(C(F)(F)F)cc23)C[C@H]1C. The average Bonchev–Trinajstić information content (AvgIpc) is 3.75. The van der Waals surface area contributed by atoms with E-state index in [0.29, 0.717) is 41.8 Å². The first-order valence-corrected chi connectivity index (χ1v) is 16.0. The zero-order chi connectivity index (χ0) is 33.5. The van der Waals surface area contributed by atoms with Gasteiger partial charge in [0.25, 0.3) is 0 Å². The quantitative estimate of drug-likeness (QED) is 0.206. The Morgan fingerprint density at radius 2 is 1.79 bits per heavy atom. The van der Waals surface area contributed by atoms with E-state index in [9.17, 15) is 4.79 Å². The van der Waals surface area contributed by atoms with Crippen LogP contribution in [0.5, 0.6) is 0 Å². The summed E-state index contributed by atoms with van der Waals surface area (Å²) in [6.45, 7) is 10.8. The summed E-state index contributed by atoms with van der Waals surface area (Å²) >= 11 is 0. The van der Waals surface area contributed by atoms with Gasteiger partial charge >= 0.3 is 6.18 Å². The fraction of sp³-hybridized carbons (Fsp3) is 0.471. The molecule has 7 rings (SSSR count). The standard InChI is InChI=1S/C34H38F4N8O/c1-7-25(47)45-13-19(4)46(14-18(45)3)32-22-12-23(34(36,37)38)27(26-17(2)8-11-24-28(26)30(42-41-24)20-9-10-20)29(35)31(22)39-33(40-32)44-15-21(16-44)43(5)6/h7-8,11-12,18-21H,1,9-10,13-16H2,2-6H3,(H,41,42)/t18-,19+/m1/s1. The Labute approximate surface area is 270 Å². The molecule has 1 amide bonds. The number of carbonyl (C=O) groups is 1. The van der Waals surface area contributed by atoms with Crippen molar-refractivity contribution in [3.8, 4) is 11.1 Å². The minimum atomic E-state index is -4.89. The zero-order valence-corrected chi connectivity index (χ0v) is 27.1. The highest BCUT2D eigenvalue weighted by Gasteiger charge is 2.41. The molecule has 4 heterocycles. The Morgan fingerprint density at radius 1 is 1.06 bits per heavy atom. The van der Waals surface area contributed by atoms with E-state index in [2.05, 4.69) is 26.7 Å². The van der Waals surface area contributed by atoms with Crippen molar-refractivity contribution in [3.63, 3.8) is 0 Å². The summed E-state index contributed by atoms with van der Waals surface area (Å²) in [7, 11) is 3.95. The lowest BCUT2D eigenvalue weighted by atomic mass is 9.89. The van der Waals surface area contributed by atoms with Gasteiger partial charge in [0, 0.05) is 66.6 Å². The first kappa shape index (κ1) is 31.3. The van der Waals surface area contributed by atoms with E-state index >= 15 is 17.6 Å². The highest BCUT2D eigenvalue weighted by molar-refractivity contribution is 6.03. The van der Waals surface area contributed by atoms with E-state index in [4.69, 9.17) is 4.98 Å². The molecule has 0 bridgehead atoms. The van der Waals surface area contributed by atoms with Crippen molar-refractivity contribution in [3.05, 3.63) is 53.5 Å². The van der Waals surface area contributed by atoms with Gasteiger partial charge in [-0.25, -0.2) is 9.37 Å². The number of aromatic nitrogens is 4. The monoisotopic (exact) mass is 650 g/mol. The van der Waals surface area contributed by atoms with Crippen LogP contribution in [-0.2, 0) is 11.0 Å². The summed E-state index contributed by atoms with van der Waals surface area (Å²) in [5.41, 5.74) is 0.150. The van der Waals surface area contributed by atoms with Crippen molar-refractivity contribution < 1.29 is 22.4 Å². The van der Waals surface area contributed by atoms with Gasteiger partial charge in [0.15, 0.2) is 5.82 Å². The van der Waals surface area contributed by atoms with Gasteiger partial charge in [-0.15, -0.1) is 0 Å². The fourth-order valence-electron chi connectivity index (χ4n) is 7.04. The molecule has 1 aliphatic carbocycles. The van der Waals surface area contributed by atoms with Gasteiger partial charge in [-0.1, -0.05) is 12.6 Å². The van der Waals surface area contributed by atoms with E-state index in [1.165, 1.54) is 6.08 Å². The van der Waals surface area contributed by atoms with Crippen LogP contribution in [0.4, 0.5) is 29.3 Å². The maximum atomic E-state index is 17.3. The molecule has 2 atom stereocenters. The average molecular weight is 651 g/mol. The number of anilines is 2. The van der Waals surface area contributed by atoms with Crippen molar-refractivity contribution in [1.82, 2.24) is 30.0 Å². The number of piperazine rings is 1. The summed E-state index contributed by atoms with van der Waals surface area (Å²) in [5, 5.41) is 7.92. The Morgan fingerprint density at radius 3 is 2.43 bits per heavy atom. The number of halogens is 4. The molecule has 3 fully saturated rings. The molecule has 2 aromatic heterocycles. The van der Waals surface area contributed by atoms with E-state index in [1.807, 2.05) is 37.7 Å². The van der Waals surface area contributed by atoms with Crippen LogP contribution in [0, 0.1) is 12.7 Å². The number of fused-ring (bicyclic) bond motifs is 2. The Kier molecular flexibility index (Phi) is 7.45. The number of carbonyl (C=O) groups excluding carboxylic acids is 1. The number of nitrogens with one attached hydrogen (secondary N) is 1. The van der Waals surface area contributed by atoms with Gasteiger partial charge in [-0.05, 0) is 77.0 Å². The first-order chi connectivity index (χ1) is 22.3. The lowest BCUT2D eigenvalue weighted by Gasteiger charge is -2.45. The number of benzene rings is 2. The van der Waals surface area contributed by atoms with Crippen LogP contribution < -0.4 is 9.80 Å². The van der Waals surface area contributed by atoms with E-state index < -0.39 is 23.1 Å². The molecular formula is C34H38F4N8O. The second kappa shape index (κ2) is 11.2. The van der Waals surface area contributed by atoms with Crippen molar-refractivity contribution in [2.24, 2.45) is 0 Å². The lowest BCUT2D eigenvalue weighted by Crippen LogP contribution is -2.59. The minimum Gasteiger partial charge on any atom is -0.349 e. The third-order valence-electron chi connectivity index (χ3n) is 9.98. The van der Waals surface area contributed by atoms with Crippen LogP contribution in [0.25, 0.3) is 32.9 Å². The third kappa shape index (κ3) is 5.19. The molecule has 1 saturated carbocycles. The molecule has 2 saturated heterocycles. The molecular weight excluding hydrogens is 612 g/mol. The summed E-state index contributed by atoms with van der Waals surface area (Å²) in [6, 6.07) is 4.11. The molecule has 2 aliphatic heterocycles. The van der Waals surface area contributed by atoms with Crippen LogP contribution in [0.2, 0.25) is 0 Å². The molecule has 9 nitrogen and oxygen atoms in total. The normalized spacial score (nSPS) is 20.9. The van der Waals surface area contributed by atoms with Crippen molar-refractivity contribution >= 4 is 39.5 Å². The predicted molar refractivity (Wildman–Crippen MR) is 174 cm³/mol. The van der Waals surface area contributed by atoms with Gasteiger partial charge < -0.3 is 19.6 Å². The van der Waals surface area contributed by atoms with Crippen LogP contribution >= 0.6 is 0 Å². The van der Waals surface area contributed by atoms with Crippen molar-refractivity contribution in [1.29, 1.82) is 0 Å². The van der Waals surface area contributed by atoms with E-state index in [1.54, 1.807) is 24.0 Å². The molecule has 0 spiro atoms. The number of likely N-dealkylation sites (N-methyl/N-ethyl adjacent to an activating group) is 1. The Bertz CT molecular complexity index is 1910. The number of aromatic amines is 1. The second-order valence-electron chi connectivity index (χ2n) is 13.5. The molecule has 1 N–H and O–H groups in total. The van der Waals surface area contributed by atoms with Crippen LogP contribution in [0.1, 0.15) is 49.4 Å². The van der Waals surface area contributed by atoms with Gasteiger partial charge in [-0.2, -0.15) is 23.3 Å². The smallest absolute Gasteiger partial charge is 0.349 e. The molecule has 2 aromatic carbocycles. The van der Waals surface area contributed by atoms with Crippen LogP contribution in [0.15, 0.2) is 30.9 Å². The van der Waals surface area contributed by atoms with Gasteiger partial charge in [0.2, 0.25) is 11.9 Å². The number of hydrogen-bond donors (Lipinski definition) is 1. The number of rotatable bonds is 6. The molecule has 0 unspecified atom stereocenters. The third-order valence-corrected chi connectivity index (χ3v) is 9.98. The summed E-state index contributed by atoms with van der Waals surface area (Å²) in [4.78, 5) is 29.6. The summed E-state index contributed by atoms with van der Waals surface area (Å²) in [6.07, 6.45) is -1.87. The largest absolute Gasteiger partial charge is 0.417 e. The number of nitrogens with zero attached hydrogens (tertiary/aromatic N) is 7. The summed E-state index contributed by atoms with van der Waals surface area (Å²) in [5.74, 6) is -0.664. The Balaban J connectivity index is 1.49. The topological polar surface area (TPSA) is 84.5 Å². The van der Waals surface area contributed by atoms with Gasteiger partial charge in [0.05, 0.1) is 16.8 Å². The molecule has 248 valence electrons. The number of amides is 1. The molecule has 3 aliphatic rings. The maximum absolute atomic E-state index is 17.3. The second-order valence-corrected chi connectivity index (χ2v) is 13.5. The lowest BCUT2D eigenvalue weighted by molar-refractivity contribution is -0.137. The van der Waals surface area contributed by atoms with Crippen molar-refractivity contribution in [2.75, 3.05) is 50.1 Å². The molecule has 13 heteroatoms. The zero-order valence-electron chi connectivity index (χ0n) is 27.1. The van der Waals surface area contributed by atoms with Gasteiger partial charge in [0.1, 0.15) is 11.3 Å². The van der Waals surface area contributed by atoms with E-state index in [-0.39, 0.29) is 64.7 Å². The van der Waals surface area contributed by atoms with Crippen LogP contribution in [0.3, 0.4) is 0 Å². The number of hydrogen-bond acceptors (Lipinski definition) is 7. The highest BCUT2D eigenvalue weighted by Crippen LogP contribution is 2.49. The molecule has 4 aromatic rings. The number of H-pyrrole nitrogens is 1. The first-order valence-electron chi connectivity index (χ1n) is 16.0. The summed E-state index contributed by atoms with van der Waals surface area (Å²) < 4.78 is 62.7. The fourth-order valence-corrected chi connectivity index (χ4v) is 7.04. The minimum absolute atomic E-state index is 0.0195. The number of aryl methyl sites for hydroxylation is 1. The highest BCUT2D eigenvalue weighted by atomic mass is 19.4. The van der Waals surface area contributed by atoms with E-state index in [0.717, 1.165) is 18.9 Å². The maximum Gasteiger partial charge on any atom is 0.417 e. The molecule has 47 heavy (non-hydrogen) atoms. The Hall–Kier alpha value is -4.26. The number of alkyl halides is 3. The van der Waals surface area contributed by atoms with Crippen molar-refractivity contribution in [2.45, 2.75) is 63.8 Å². The van der Waals surface area contributed by atoms with Crippen LogP contribution in [-0.4, -0.2) is 94.3 Å². The predicted octanol–water partition coefficient (Wildman–Crippen LogP) is 5.88. The molecule has 0 radical (unpaired) electrons. The van der Waals surface area contributed by atoms with Gasteiger partial charge in [-0.3, -0.25) is 9.89 Å².